The van der Waals surface area contributed by atoms with Gasteiger partial charge in [0, 0.05) is 16.5 Å². The van der Waals surface area contributed by atoms with Gasteiger partial charge in [-0.3, -0.25) is 4.79 Å². The molecular formula is C14H19ClN2O3S. The number of primary amides is 1. The van der Waals surface area contributed by atoms with Crippen LogP contribution in [-0.2, 0) is 9.53 Å². The first-order chi connectivity index (χ1) is 9.97. The molecule has 5 nitrogen and oxygen atoms in total. The molecule has 0 bridgehead atoms. The highest BCUT2D eigenvalue weighted by atomic mass is 35.5. The lowest BCUT2D eigenvalue weighted by Crippen LogP contribution is -2.29. The average Bonchev–Trinajstić information content (AvgIpc) is 2.44. The first-order valence-corrected chi connectivity index (χ1v) is 7.87. The number of hydrogen-bond donors (Lipinski definition) is 1. The smallest absolute Gasteiger partial charge is 0.337 e. The van der Waals surface area contributed by atoms with Crippen LogP contribution in [0.1, 0.15) is 30.1 Å². The van der Waals surface area contributed by atoms with E-state index in [0.717, 1.165) is 18.6 Å². The van der Waals surface area contributed by atoms with Gasteiger partial charge in [-0.2, -0.15) is 0 Å². The van der Waals surface area contributed by atoms with Gasteiger partial charge >= 0.3 is 5.97 Å². The van der Waals surface area contributed by atoms with E-state index in [0.29, 0.717) is 16.3 Å². The van der Waals surface area contributed by atoms with Crippen LogP contribution >= 0.6 is 23.5 Å². The normalized spacial score (nSPS) is 10.2. The number of rotatable bonds is 8. The summed E-state index contributed by atoms with van der Waals surface area (Å²) in [4.78, 5) is 22.8. The van der Waals surface area contributed by atoms with Crippen molar-refractivity contribution in [1.29, 1.82) is 0 Å². The van der Waals surface area contributed by atoms with Gasteiger partial charge in [0.25, 0.3) is 0 Å². The summed E-state index contributed by atoms with van der Waals surface area (Å²) >= 11 is 7.52. The van der Waals surface area contributed by atoms with Crippen molar-refractivity contribution in [2.75, 3.05) is 23.7 Å². The molecule has 0 aliphatic heterocycles. The summed E-state index contributed by atoms with van der Waals surface area (Å²) in [5.74, 6) is -0.0703. The Morgan fingerprint density at radius 1 is 1.38 bits per heavy atom. The van der Waals surface area contributed by atoms with Crippen molar-refractivity contribution in [3.8, 4) is 0 Å². The molecule has 0 heterocycles. The summed E-state index contributed by atoms with van der Waals surface area (Å²) in [7, 11) is 1.31. The average molecular weight is 331 g/mol. The van der Waals surface area contributed by atoms with Crippen LogP contribution in [0.15, 0.2) is 18.2 Å². The molecule has 2 N–H and O–H groups in total. The summed E-state index contributed by atoms with van der Waals surface area (Å²) in [5, 5.41) is 0.401. The van der Waals surface area contributed by atoms with E-state index in [1.807, 2.05) is 0 Å². The van der Waals surface area contributed by atoms with E-state index < -0.39 is 11.9 Å². The second-order valence-electron chi connectivity index (χ2n) is 4.38. The van der Waals surface area contributed by atoms with Crippen molar-refractivity contribution < 1.29 is 14.3 Å². The van der Waals surface area contributed by atoms with Crippen molar-refractivity contribution >= 4 is 41.1 Å². The predicted molar refractivity (Wildman–Crippen MR) is 86.7 cm³/mol. The Balaban J connectivity index is 3.01. The Labute approximate surface area is 133 Å². The largest absolute Gasteiger partial charge is 0.465 e. The molecule has 0 saturated carbocycles. The molecule has 0 aliphatic rings. The topological polar surface area (TPSA) is 72.6 Å². The molecule has 7 heteroatoms. The van der Waals surface area contributed by atoms with E-state index in [-0.39, 0.29) is 6.54 Å². The van der Waals surface area contributed by atoms with Crippen LogP contribution < -0.4 is 10.0 Å². The Morgan fingerprint density at radius 2 is 2.10 bits per heavy atom. The fourth-order valence-electron chi connectivity index (χ4n) is 1.63. The minimum atomic E-state index is -0.476. The molecule has 0 atom stereocenters. The number of carbonyl (C=O) groups excluding carboxylic acids is 2. The molecule has 1 rings (SSSR count). The molecule has 1 aromatic carbocycles. The van der Waals surface area contributed by atoms with E-state index in [2.05, 4.69) is 6.92 Å². The van der Waals surface area contributed by atoms with Gasteiger partial charge in [-0.05, 0) is 36.6 Å². The standard InChI is InChI=1S/C14H19ClN2O3S/c1-3-4-5-21-17(9-13(16)18)12-7-10(14(19)20-2)6-11(15)8-12/h6-8H,3-5,9H2,1-2H3,(H2,16,18). The number of benzene rings is 1. The Morgan fingerprint density at radius 3 is 2.67 bits per heavy atom. The van der Waals surface area contributed by atoms with Crippen LogP contribution in [0, 0.1) is 0 Å². The molecule has 116 valence electrons. The number of nitrogens with zero attached hydrogens (tertiary/aromatic N) is 1. The number of hydrogen-bond acceptors (Lipinski definition) is 5. The lowest BCUT2D eigenvalue weighted by Gasteiger charge is -2.22. The number of halogens is 1. The summed E-state index contributed by atoms with van der Waals surface area (Å²) < 4.78 is 6.44. The third kappa shape index (κ3) is 5.85. The molecule has 0 aliphatic carbocycles. The number of amides is 1. The second kappa shape index (κ2) is 8.79. The van der Waals surface area contributed by atoms with Gasteiger partial charge < -0.3 is 14.8 Å². The Bertz CT molecular complexity index is 511. The van der Waals surface area contributed by atoms with Crippen molar-refractivity contribution in [1.82, 2.24) is 0 Å². The first kappa shape index (κ1) is 17.7. The van der Waals surface area contributed by atoms with Crippen molar-refractivity contribution in [3.05, 3.63) is 28.8 Å². The van der Waals surface area contributed by atoms with E-state index in [1.165, 1.54) is 25.1 Å². The highest BCUT2D eigenvalue weighted by Gasteiger charge is 2.15. The summed E-state index contributed by atoms with van der Waals surface area (Å²) in [6.45, 7) is 2.14. The monoisotopic (exact) mass is 330 g/mol. The highest BCUT2D eigenvalue weighted by molar-refractivity contribution is 8.00. The van der Waals surface area contributed by atoms with Gasteiger partial charge in [0.2, 0.25) is 5.91 Å². The zero-order chi connectivity index (χ0) is 15.8. The van der Waals surface area contributed by atoms with Gasteiger partial charge in [0.05, 0.1) is 12.7 Å². The molecule has 0 unspecified atom stereocenters. The maximum atomic E-state index is 11.6. The lowest BCUT2D eigenvalue weighted by molar-refractivity contribution is -0.116. The molecule has 0 saturated heterocycles. The Kier molecular flexibility index (Phi) is 7.39. The zero-order valence-corrected chi connectivity index (χ0v) is 13.7. The number of esters is 1. The summed E-state index contributed by atoms with van der Waals surface area (Å²) in [6.07, 6.45) is 2.07. The van der Waals surface area contributed by atoms with Crippen LogP contribution in [0.25, 0.3) is 0 Å². The third-order valence-electron chi connectivity index (χ3n) is 2.64. The second-order valence-corrected chi connectivity index (χ2v) is 5.92. The molecule has 0 spiro atoms. The maximum Gasteiger partial charge on any atom is 0.337 e. The van der Waals surface area contributed by atoms with E-state index >= 15 is 0 Å². The maximum absolute atomic E-state index is 11.6. The molecule has 1 aromatic rings. The molecular weight excluding hydrogens is 312 g/mol. The molecule has 21 heavy (non-hydrogen) atoms. The SMILES string of the molecule is CCCCSN(CC(N)=O)c1cc(Cl)cc(C(=O)OC)c1. The highest BCUT2D eigenvalue weighted by Crippen LogP contribution is 2.28. The molecule has 0 radical (unpaired) electrons. The molecule has 0 fully saturated rings. The number of anilines is 1. The van der Waals surface area contributed by atoms with Crippen molar-refractivity contribution in [2.45, 2.75) is 19.8 Å². The van der Waals surface area contributed by atoms with E-state index in [1.54, 1.807) is 16.4 Å². The van der Waals surface area contributed by atoms with E-state index in [9.17, 15) is 9.59 Å². The lowest BCUT2D eigenvalue weighted by atomic mass is 10.2. The summed E-state index contributed by atoms with van der Waals surface area (Å²) in [6, 6.07) is 4.85. The van der Waals surface area contributed by atoms with Crippen LogP contribution in [0.5, 0.6) is 0 Å². The first-order valence-electron chi connectivity index (χ1n) is 6.55. The number of methoxy groups -OCH3 is 1. The van der Waals surface area contributed by atoms with E-state index in [4.69, 9.17) is 22.1 Å². The zero-order valence-electron chi connectivity index (χ0n) is 12.1. The molecule has 0 aromatic heterocycles. The van der Waals surface area contributed by atoms with Gasteiger partial charge in [0.15, 0.2) is 0 Å². The number of ether oxygens (including phenoxy) is 1. The van der Waals surface area contributed by atoms with Crippen LogP contribution in [0.2, 0.25) is 5.02 Å². The minimum Gasteiger partial charge on any atom is -0.465 e. The van der Waals surface area contributed by atoms with Crippen LogP contribution in [-0.4, -0.2) is 31.3 Å². The van der Waals surface area contributed by atoms with Gasteiger partial charge in [0.1, 0.15) is 6.54 Å². The molecule has 1 amide bonds. The fourth-order valence-corrected chi connectivity index (χ4v) is 2.97. The predicted octanol–water partition coefficient (Wildman–Crippen LogP) is 2.87. The third-order valence-corrected chi connectivity index (χ3v) is 3.98. The number of carbonyl (C=O) groups is 2. The Hall–Kier alpha value is -1.40. The van der Waals surface area contributed by atoms with Crippen LogP contribution in [0.3, 0.4) is 0 Å². The quantitative estimate of drug-likeness (QED) is 0.451. The van der Waals surface area contributed by atoms with Gasteiger partial charge in [-0.1, -0.05) is 24.9 Å². The van der Waals surface area contributed by atoms with Crippen molar-refractivity contribution in [3.63, 3.8) is 0 Å². The van der Waals surface area contributed by atoms with Crippen LogP contribution in [0.4, 0.5) is 5.69 Å². The van der Waals surface area contributed by atoms with Gasteiger partial charge in [-0.15, -0.1) is 0 Å². The summed E-state index contributed by atoms with van der Waals surface area (Å²) in [5.41, 5.74) is 6.27. The fraction of sp³-hybridized carbons (Fsp3) is 0.429. The van der Waals surface area contributed by atoms with Crippen molar-refractivity contribution in [2.24, 2.45) is 5.73 Å². The number of unbranched alkanes of at least 4 members (excludes halogenated alkanes) is 1. The van der Waals surface area contributed by atoms with Gasteiger partial charge in [-0.25, -0.2) is 4.79 Å². The minimum absolute atomic E-state index is 0.0509. The number of nitrogens with two attached hydrogens (primary N) is 1.